The summed E-state index contributed by atoms with van der Waals surface area (Å²) in [5.41, 5.74) is 5.12. The summed E-state index contributed by atoms with van der Waals surface area (Å²) < 4.78 is 15.5. The number of halogens is 4. The van der Waals surface area contributed by atoms with Crippen LogP contribution in [-0.4, -0.2) is 12.1 Å². The molecule has 1 heterocycles. The fraction of sp³-hybridized carbons (Fsp3) is 0.0370. The van der Waals surface area contributed by atoms with Crippen LogP contribution in [0.2, 0.25) is 0 Å². The van der Waals surface area contributed by atoms with E-state index >= 15 is 0 Å². The standard InChI is InChI=1S/C27H16Br2I2N2O3/c28-19-10-18-11-24(36-25(18)21(29)12-19)27(34)33-32-13-15-8-22(30)26(23(31)9-15)35-14-17-6-3-5-16-4-1-2-7-20(16)17/h1-13H,14H2,(H,33,34)/b32-13-. The summed E-state index contributed by atoms with van der Waals surface area (Å²) in [6.45, 7) is 0.473. The second-order valence-corrected chi connectivity index (χ2v) is 12.0. The maximum Gasteiger partial charge on any atom is 0.307 e. The highest BCUT2D eigenvalue weighted by Crippen LogP contribution is 2.32. The minimum absolute atomic E-state index is 0.183. The van der Waals surface area contributed by atoms with Crippen molar-refractivity contribution in [3.63, 3.8) is 0 Å². The first kappa shape index (κ1) is 25.7. The predicted molar refractivity (Wildman–Crippen MR) is 167 cm³/mol. The first-order valence-corrected chi connectivity index (χ1v) is 14.4. The van der Waals surface area contributed by atoms with Crippen molar-refractivity contribution in [2.75, 3.05) is 0 Å². The average Bonchev–Trinajstić information content (AvgIpc) is 3.28. The lowest BCUT2D eigenvalue weighted by Crippen LogP contribution is -2.16. The highest BCUT2D eigenvalue weighted by molar-refractivity contribution is 14.1. The van der Waals surface area contributed by atoms with Crippen LogP contribution < -0.4 is 10.2 Å². The van der Waals surface area contributed by atoms with Gasteiger partial charge in [0.05, 0.1) is 17.8 Å². The first-order chi connectivity index (χ1) is 17.4. The zero-order chi connectivity index (χ0) is 25.2. The highest BCUT2D eigenvalue weighted by Gasteiger charge is 2.14. The molecule has 0 saturated carbocycles. The molecule has 9 heteroatoms. The van der Waals surface area contributed by atoms with Crippen molar-refractivity contribution < 1.29 is 13.9 Å². The molecule has 1 amide bonds. The van der Waals surface area contributed by atoms with Crippen LogP contribution in [-0.2, 0) is 6.61 Å². The van der Waals surface area contributed by atoms with Gasteiger partial charge in [-0.05, 0) is 113 Å². The molecule has 0 saturated heterocycles. The zero-order valence-electron chi connectivity index (χ0n) is 18.4. The number of ether oxygens (including phenoxy) is 1. The summed E-state index contributed by atoms with van der Waals surface area (Å²) in [6, 6.07) is 23.9. The predicted octanol–water partition coefficient (Wildman–Crippen LogP) is 8.66. The molecule has 0 aliphatic rings. The van der Waals surface area contributed by atoms with Gasteiger partial charge in [-0.25, -0.2) is 5.43 Å². The second-order valence-electron chi connectivity index (χ2n) is 7.86. The third kappa shape index (κ3) is 5.63. The average molecular weight is 830 g/mol. The molecule has 1 N–H and O–H groups in total. The van der Waals surface area contributed by atoms with Gasteiger partial charge in [-0.3, -0.25) is 4.79 Å². The Kier molecular flexibility index (Phi) is 7.99. The number of carbonyl (C=O) groups is 1. The number of nitrogens with zero attached hydrogens (tertiary/aromatic N) is 1. The quantitative estimate of drug-likeness (QED) is 0.106. The molecule has 180 valence electrons. The van der Waals surface area contributed by atoms with Crippen LogP contribution in [0.5, 0.6) is 5.75 Å². The van der Waals surface area contributed by atoms with E-state index in [9.17, 15) is 4.79 Å². The molecule has 0 fully saturated rings. The van der Waals surface area contributed by atoms with Crippen LogP contribution in [0.1, 0.15) is 21.7 Å². The Morgan fingerprint density at radius 3 is 2.53 bits per heavy atom. The van der Waals surface area contributed by atoms with Gasteiger partial charge >= 0.3 is 5.91 Å². The number of fused-ring (bicyclic) bond motifs is 2. The topological polar surface area (TPSA) is 63.8 Å². The van der Waals surface area contributed by atoms with E-state index in [0.717, 1.165) is 38.3 Å². The van der Waals surface area contributed by atoms with Crippen molar-refractivity contribution in [1.82, 2.24) is 5.43 Å². The van der Waals surface area contributed by atoms with Gasteiger partial charge in [0.25, 0.3) is 0 Å². The molecule has 0 bridgehead atoms. The molecule has 5 nitrogen and oxygen atoms in total. The third-order valence-electron chi connectivity index (χ3n) is 5.41. The van der Waals surface area contributed by atoms with Crippen LogP contribution in [0, 0.1) is 7.14 Å². The molecular formula is C27H16Br2I2N2O3. The lowest BCUT2D eigenvalue weighted by molar-refractivity contribution is 0.0929. The fourth-order valence-corrected chi connectivity index (χ4v) is 7.24. The van der Waals surface area contributed by atoms with Gasteiger partial charge in [0.2, 0.25) is 0 Å². The van der Waals surface area contributed by atoms with E-state index in [1.165, 1.54) is 10.8 Å². The number of furan rings is 1. The Labute approximate surface area is 251 Å². The van der Waals surface area contributed by atoms with Crippen molar-refractivity contribution in [3.8, 4) is 5.75 Å². The van der Waals surface area contributed by atoms with E-state index in [-0.39, 0.29) is 5.76 Å². The molecule has 0 radical (unpaired) electrons. The van der Waals surface area contributed by atoms with Crippen molar-refractivity contribution >= 4 is 111 Å². The van der Waals surface area contributed by atoms with Gasteiger partial charge in [0.1, 0.15) is 17.9 Å². The Morgan fingerprint density at radius 2 is 1.72 bits per heavy atom. The highest BCUT2D eigenvalue weighted by atomic mass is 127. The molecular weight excluding hydrogens is 814 g/mol. The second kappa shape index (κ2) is 11.2. The number of benzene rings is 4. The lowest BCUT2D eigenvalue weighted by Gasteiger charge is -2.13. The van der Waals surface area contributed by atoms with E-state index in [2.05, 4.69) is 112 Å². The van der Waals surface area contributed by atoms with Gasteiger partial charge in [-0.15, -0.1) is 0 Å². The normalized spacial score (nSPS) is 11.4. The van der Waals surface area contributed by atoms with Crippen LogP contribution in [0.15, 0.2) is 91.3 Å². The Balaban J connectivity index is 1.27. The minimum atomic E-state index is -0.426. The van der Waals surface area contributed by atoms with Gasteiger partial charge < -0.3 is 9.15 Å². The van der Waals surface area contributed by atoms with E-state index < -0.39 is 5.91 Å². The number of hydrogen-bond donors (Lipinski definition) is 1. The summed E-state index contributed by atoms with van der Waals surface area (Å²) in [4.78, 5) is 12.5. The Bertz CT molecular complexity index is 1620. The number of carbonyl (C=O) groups excluding carboxylic acids is 1. The monoisotopic (exact) mass is 828 g/mol. The largest absolute Gasteiger partial charge is 0.487 e. The van der Waals surface area contributed by atoms with Crippen LogP contribution in [0.4, 0.5) is 0 Å². The van der Waals surface area contributed by atoms with Crippen molar-refractivity contribution in [2.45, 2.75) is 6.61 Å². The summed E-state index contributed by atoms with van der Waals surface area (Å²) >= 11 is 11.4. The molecule has 1 aromatic heterocycles. The lowest BCUT2D eigenvalue weighted by atomic mass is 10.1. The van der Waals surface area contributed by atoms with Crippen LogP contribution >= 0.6 is 77.0 Å². The molecule has 5 aromatic rings. The molecule has 0 aliphatic carbocycles. The molecule has 0 unspecified atom stereocenters. The van der Waals surface area contributed by atoms with Crippen LogP contribution in [0.3, 0.4) is 0 Å². The Morgan fingerprint density at radius 1 is 0.972 bits per heavy atom. The van der Waals surface area contributed by atoms with E-state index in [0.29, 0.717) is 12.2 Å². The third-order valence-corrected chi connectivity index (χ3v) is 8.06. The molecule has 0 spiro atoms. The smallest absolute Gasteiger partial charge is 0.307 e. The molecule has 5 rings (SSSR count). The zero-order valence-corrected chi connectivity index (χ0v) is 25.9. The maximum atomic E-state index is 12.5. The fourth-order valence-electron chi connectivity index (χ4n) is 3.77. The maximum absolute atomic E-state index is 12.5. The van der Waals surface area contributed by atoms with E-state index in [1.807, 2.05) is 42.5 Å². The van der Waals surface area contributed by atoms with Crippen molar-refractivity contribution in [1.29, 1.82) is 0 Å². The molecule has 0 aliphatic heterocycles. The number of amides is 1. The summed E-state index contributed by atoms with van der Waals surface area (Å²) in [7, 11) is 0. The van der Waals surface area contributed by atoms with E-state index in [1.54, 1.807) is 12.3 Å². The summed E-state index contributed by atoms with van der Waals surface area (Å²) in [6.07, 6.45) is 1.60. The van der Waals surface area contributed by atoms with Crippen LogP contribution in [0.25, 0.3) is 21.7 Å². The number of hydrogen-bond acceptors (Lipinski definition) is 4. The molecule has 4 aromatic carbocycles. The SMILES string of the molecule is O=C(N/N=C\c1cc(I)c(OCc2cccc3ccccc23)c(I)c1)c1cc2cc(Br)cc(Br)c2o1. The summed E-state index contributed by atoms with van der Waals surface area (Å²) in [5.74, 6) is 0.580. The number of nitrogens with one attached hydrogen (secondary N) is 1. The molecule has 0 atom stereocenters. The van der Waals surface area contributed by atoms with Gasteiger partial charge in [0, 0.05) is 9.86 Å². The van der Waals surface area contributed by atoms with Crippen molar-refractivity contribution in [3.05, 3.63) is 106 Å². The number of rotatable bonds is 6. The summed E-state index contributed by atoms with van der Waals surface area (Å²) in [5, 5.41) is 7.31. The van der Waals surface area contributed by atoms with Gasteiger partial charge in [-0.1, -0.05) is 58.4 Å². The van der Waals surface area contributed by atoms with Gasteiger partial charge in [0.15, 0.2) is 5.76 Å². The van der Waals surface area contributed by atoms with E-state index in [4.69, 9.17) is 9.15 Å². The van der Waals surface area contributed by atoms with Crippen molar-refractivity contribution in [2.24, 2.45) is 5.10 Å². The Hall–Kier alpha value is -1.96. The molecule has 36 heavy (non-hydrogen) atoms. The minimum Gasteiger partial charge on any atom is -0.487 e. The number of hydrazone groups is 1. The first-order valence-electron chi connectivity index (χ1n) is 10.7. The van der Waals surface area contributed by atoms with Gasteiger partial charge in [-0.2, -0.15) is 5.10 Å².